The Hall–Kier alpha value is -2.25. The molecule has 2 rings (SSSR count). The number of aryl methyl sites for hydroxylation is 1. The first-order valence-corrected chi connectivity index (χ1v) is 8.96. The second-order valence-corrected chi connectivity index (χ2v) is 6.70. The molecule has 0 saturated heterocycles. The van der Waals surface area contributed by atoms with Gasteiger partial charge < -0.3 is 24.9 Å². The van der Waals surface area contributed by atoms with Gasteiger partial charge in [0.2, 0.25) is 0 Å². The predicted octanol–water partition coefficient (Wildman–Crippen LogP) is 2.33. The smallest absolute Gasteiger partial charge is 0.508 e. The Kier molecular flexibility index (Phi) is 5.92. The van der Waals surface area contributed by atoms with Gasteiger partial charge in [0.25, 0.3) is 0 Å². The van der Waals surface area contributed by atoms with Crippen LogP contribution in [0.3, 0.4) is 0 Å². The van der Waals surface area contributed by atoms with Crippen LogP contribution in [0.25, 0.3) is 0 Å². The van der Waals surface area contributed by atoms with E-state index in [4.69, 9.17) is 9.79 Å². The molecule has 0 aliphatic rings. The monoisotopic (exact) mass is 370 g/mol. The maximum absolute atomic E-state index is 11.0. The molecule has 0 heterocycles. The summed E-state index contributed by atoms with van der Waals surface area (Å²) in [4.78, 5) is 17.9. The molecule has 0 fully saturated rings. The van der Waals surface area contributed by atoms with E-state index in [2.05, 4.69) is 4.52 Å². The first kappa shape index (κ1) is 19.1. The Morgan fingerprint density at radius 3 is 2.40 bits per heavy atom. The van der Waals surface area contributed by atoms with Gasteiger partial charge in [-0.1, -0.05) is 12.1 Å². The minimum absolute atomic E-state index is 0.131. The Morgan fingerprint density at radius 1 is 1.04 bits per heavy atom. The van der Waals surface area contributed by atoms with Gasteiger partial charge in [0.05, 0.1) is 11.7 Å². The summed E-state index contributed by atoms with van der Waals surface area (Å²) in [5.74, 6) is -1.35. The van der Waals surface area contributed by atoms with Crippen molar-refractivity contribution in [2.24, 2.45) is 0 Å². The summed E-state index contributed by atoms with van der Waals surface area (Å²) in [7, 11) is -4.93. The lowest BCUT2D eigenvalue weighted by Crippen LogP contribution is -2.03. The summed E-state index contributed by atoms with van der Waals surface area (Å²) >= 11 is 0. The minimum Gasteiger partial charge on any atom is -0.508 e. The SMILES string of the molecule is O=P(O)(O)Oc1cc(O)cc(O)c1C(O)CCCc1cccc(O)c1. The van der Waals surface area contributed by atoms with Gasteiger partial charge in [0, 0.05) is 12.1 Å². The first-order valence-electron chi connectivity index (χ1n) is 7.42. The zero-order valence-electron chi connectivity index (χ0n) is 13.1. The van der Waals surface area contributed by atoms with Gasteiger partial charge in [-0.05, 0) is 37.0 Å². The molecule has 6 N–H and O–H groups in total. The molecular weight excluding hydrogens is 351 g/mol. The third kappa shape index (κ3) is 5.65. The normalized spacial score (nSPS) is 12.8. The fourth-order valence-corrected chi connectivity index (χ4v) is 2.90. The van der Waals surface area contributed by atoms with Crippen LogP contribution in [0.1, 0.15) is 30.1 Å². The molecule has 2 aromatic rings. The van der Waals surface area contributed by atoms with Crippen LogP contribution in [0, 0.1) is 0 Å². The quantitative estimate of drug-likeness (QED) is 0.407. The maximum Gasteiger partial charge on any atom is 0.524 e. The number of aliphatic hydroxyl groups is 1. The van der Waals surface area contributed by atoms with E-state index in [0.29, 0.717) is 12.8 Å². The number of hydrogen-bond donors (Lipinski definition) is 6. The van der Waals surface area contributed by atoms with Gasteiger partial charge in [-0.3, -0.25) is 9.79 Å². The summed E-state index contributed by atoms with van der Waals surface area (Å²) in [6, 6.07) is 8.49. The Morgan fingerprint density at radius 2 is 1.76 bits per heavy atom. The lowest BCUT2D eigenvalue weighted by molar-refractivity contribution is 0.157. The molecule has 8 nitrogen and oxygen atoms in total. The van der Waals surface area contributed by atoms with E-state index in [1.54, 1.807) is 18.2 Å². The molecule has 1 unspecified atom stereocenters. The maximum atomic E-state index is 11.0. The molecule has 0 aliphatic carbocycles. The van der Waals surface area contributed by atoms with Crippen LogP contribution in [0.5, 0.6) is 23.0 Å². The topological polar surface area (TPSA) is 148 Å². The lowest BCUT2D eigenvalue weighted by atomic mass is 9.99. The summed E-state index contributed by atoms with van der Waals surface area (Å²) < 4.78 is 15.5. The van der Waals surface area contributed by atoms with Gasteiger partial charge in [-0.25, -0.2) is 4.57 Å². The van der Waals surface area contributed by atoms with Crippen molar-refractivity contribution in [3.05, 3.63) is 47.5 Å². The predicted molar refractivity (Wildman–Crippen MR) is 88.4 cm³/mol. The van der Waals surface area contributed by atoms with Crippen molar-refractivity contribution in [1.82, 2.24) is 0 Å². The van der Waals surface area contributed by atoms with Gasteiger partial charge in [-0.2, -0.15) is 0 Å². The highest BCUT2D eigenvalue weighted by Crippen LogP contribution is 2.46. The van der Waals surface area contributed by atoms with E-state index < -0.39 is 31.2 Å². The zero-order chi connectivity index (χ0) is 18.6. The molecule has 9 heteroatoms. The molecule has 25 heavy (non-hydrogen) atoms. The van der Waals surface area contributed by atoms with Gasteiger partial charge in [0.1, 0.15) is 23.0 Å². The van der Waals surface area contributed by atoms with Crippen LogP contribution < -0.4 is 4.52 Å². The number of phenols is 3. The number of phosphoric acid groups is 1. The molecule has 2 aromatic carbocycles. The van der Waals surface area contributed by atoms with E-state index in [-0.39, 0.29) is 17.7 Å². The largest absolute Gasteiger partial charge is 0.524 e. The molecule has 0 amide bonds. The van der Waals surface area contributed by atoms with E-state index in [1.807, 2.05) is 6.07 Å². The first-order chi connectivity index (χ1) is 11.7. The molecule has 0 spiro atoms. The second-order valence-electron chi connectivity index (χ2n) is 5.54. The van der Waals surface area contributed by atoms with Crippen molar-refractivity contribution in [3.8, 4) is 23.0 Å². The van der Waals surface area contributed by atoms with Crippen LogP contribution in [-0.2, 0) is 11.0 Å². The summed E-state index contributed by atoms with van der Waals surface area (Å²) in [5.41, 5.74) is 0.644. The molecule has 0 radical (unpaired) electrons. The van der Waals surface area contributed by atoms with Crippen LogP contribution in [0.15, 0.2) is 36.4 Å². The number of aliphatic hydroxyl groups excluding tert-OH is 1. The zero-order valence-corrected chi connectivity index (χ0v) is 14.0. The molecule has 0 bridgehead atoms. The summed E-state index contributed by atoms with van der Waals surface area (Å²) in [6.45, 7) is 0. The van der Waals surface area contributed by atoms with Crippen molar-refractivity contribution in [2.45, 2.75) is 25.4 Å². The van der Waals surface area contributed by atoms with Gasteiger partial charge >= 0.3 is 7.82 Å². The third-order valence-electron chi connectivity index (χ3n) is 3.51. The fraction of sp³-hybridized carbons (Fsp3) is 0.250. The number of aromatic hydroxyl groups is 3. The average molecular weight is 370 g/mol. The number of rotatable bonds is 7. The van der Waals surface area contributed by atoms with E-state index in [9.17, 15) is 25.0 Å². The molecule has 136 valence electrons. The van der Waals surface area contributed by atoms with Crippen molar-refractivity contribution in [3.63, 3.8) is 0 Å². The van der Waals surface area contributed by atoms with E-state index >= 15 is 0 Å². The highest BCUT2D eigenvalue weighted by Gasteiger charge is 2.25. The molecule has 0 aliphatic heterocycles. The van der Waals surface area contributed by atoms with Crippen LogP contribution in [0.4, 0.5) is 0 Å². The Bertz CT molecular complexity index is 786. The fourth-order valence-electron chi connectivity index (χ4n) is 2.49. The number of phenolic OH excluding ortho intramolecular Hbond substituents is 3. The van der Waals surface area contributed by atoms with Gasteiger partial charge in [-0.15, -0.1) is 0 Å². The van der Waals surface area contributed by atoms with Crippen LogP contribution in [0.2, 0.25) is 0 Å². The lowest BCUT2D eigenvalue weighted by Gasteiger charge is -2.18. The van der Waals surface area contributed by atoms with Crippen LogP contribution >= 0.6 is 7.82 Å². The summed E-state index contributed by atoms with van der Waals surface area (Å²) in [6.07, 6.45) is -0.0930. The standard InChI is InChI=1S/C16H19O8P/c17-11-5-1-3-10(7-11)4-2-6-13(19)16-14(20)8-12(18)9-15(16)24-25(21,22)23/h1,3,5,7-9,13,17-20H,2,4,6H2,(H2,21,22,23). The molecule has 0 aromatic heterocycles. The second kappa shape index (κ2) is 7.76. The third-order valence-corrected chi connectivity index (χ3v) is 3.94. The van der Waals surface area contributed by atoms with E-state index in [1.165, 1.54) is 0 Å². The Labute approximate surface area is 143 Å². The number of hydrogen-bond acceptors (Lipinski definition) is 6. The number of phosphoric ester groups is 1. The van der Waals surface area contributed by atoms with Gasteiger partial charge in [0.15, 0.2) is 0 Å². The minimum atomic E-state index is -4.93. The van der Waals surface area contributed by atoms with E-state index in [0.717, 1.165) is 17.7 Å². The van der Waals surface area contributed by atoms with Crippen molar-refractivity contribution in [1.29, 1.82) is 0 Å². The number of benzene rings is 2. The summed E-state index contributed by atoms with van der Waals surface area (Å²) in [5, 5.41) is 39.0. The van der Waals surface area contributed by atoms with Crippen molar-refractivity contribution in [2.75, 3.05) is 0 Å². The average Bonchev–Trinajstić information content (AvgIpc) is 2.44. The van der Waals surface area contributed by atoms with Crippen LogP contribution in [-0.4, -0.2) is 30.2 Å². The Balaban J connectivity index is 2.12. The van der Waals surface area contributed by atoms with Crippen molar-refractivity contribution < 1.29 is 39.3 Å². The molecular formula is C16H19O8P. The van der Waals surface area contributed by atoms with Crippen molar-refractivity contribution >= 4 is 7.82 Å². The highest BCUT2D eigenvalue weighted by atomic mass is 31.2. The molecule has 0 saturated carbocycles. The molecule has 1 atom stereocenters. The highest BCUT2D eigenvalue weighted by molar-refractivity contribution is 7.46.